The largest absolute Gasteiger partial charge is 0.492 e. The van der Waals surface area contributed by atoms with E-state index in [1.54, 1.807) is 6.92 Å². The molecule has 0 saturated heterocycles. The molecule has 0 N–H and O–H groups in total. The molecule has 100 valence electrons. The van der Waals surface area contributed by atoms with Gasteiger partial charge in [0.1, 0.15) is 18.2 Å². The lowest BCUT2D eigenvalue weighted by atomic mass is 10.2. The number of aldehydes is 1. The summed E-state index contributed by atoms with van der Waals surface area (Å²) >= 11 is 0. The van der Waals surface area contributed by atoms with Crippen LogP contribution in [0.1, 0.15) is 23.7 Å². The maximum atomic E-state index is 12.8. The van der Waals surface area contributed by atoms with Gasteiger partial charge >= 0.3 is 0 Å². The second-order valence-electron chi connectivity index (χ2n) is 3.80. The van der Waals surface area contributed by atoms with Crippen LogP contribution >= 0.6 is 0 Å². The summed E-state index contributed by atoms with van der Waals surface area (Å²) in [5, 5.41) is 0. The summed E-state index contributed by atoms with van der Waals surface area (Å²) in [4.78, 5) is 10.7. The molecule has 0 atom stereocenters. The van der Waals surface area contributed by atoms with Crippen molar-refractivity contribution in [1.82, 2.24) is 0 Å². The minimum atomic E-state index is -3.12. The standard InChI is InChI=1S/C12H15FO4S/c1-2-6-18(15,16)7-5-17-12-4-3-11(13)8-10(12)9-14/h3-4,8-9H,2,5-7H2,1H3. The summed E-state index contributed by atoms with van der Waals surface area (Å²) in [7, 11) is -3.12. The molecule has 6 heteroatoms. The van der Waals surface area contributed by atoms with Gasteiger partial charge in [-0.3, -0.25) is 4.79 Å². The Morgan fingerprint density at radius 1 is 1.33 bits per heavy atom. The second kappa shape index (κ2) is 6.49. The number of ether oxygens (including phenoxy) is 1. The fourth-order valence-corrected chi connectivity index (χ4v) is 2.60. The van der Waals surface area contributed by atoms with E-state index in [2.05, 4.69) is 0 Å². The number of benzene rings is 1. The summed E-state index contributed by atoms with van der Waals surface area (Å²) in [6.45, 7) is 1.73. The molecule has 0 unspecified atom stereocenters. The van der Waals surface area contributed by atoms with Crippen LogP contribution in [0.25, 0.3) is 0 Å². The van der Waals surface area contributed by atoms with Crippen LogP contribution in [-0.2, 0) is 9.84 Å². The normalized spacial score (nSPS) is 11.2. The Morgan fingerprint density at radius 3 is 2.67 bits per heavy atom. The molecule has 0 aliphatic carbocycles. The van der Waals surface area contributed by atoms with Gasteiger partial charge in [-0.15, -0.1) is 0 Å². The van der Waals surface area contributed by atoms with Gasteiger partial charge in [0.15, 0.2) is 16.1 Å². The predicted molar refractivity (Wildman–Crippen MR) is 66.2 cm³/mol. The Kier molecular flexibility index (Phi) is 5.27. The van der Waals surface area contributed by atoms with Crippen LogP contribution in [0.4, 0.5) is 4.39 Å². The van der Waals surface area contributed by atoms with E-state index in [1.807, 2.05) is 0 Å². The molecule has 1 aromatic carbocycles. The third-order valence-electron chi connectivity index (χ3n) is 2.27. The highest BCUT2D eigenvalue weighted by Crippen LogP contribution is 2.17. The highest BCUT2D eigenvalue weighted by molar-refractivity contribution is 7.91. The van der Waals surface area contributed by atoms with Crippen molar-refractivity contribution in [2.45, 2.75) is 13.3 Å². The lowest BCUT2D eigenvalue weighted by molar-refractivity contribution is 0.111. The monoisotopic (exact) mass is 274 g/mol. The topological polar surface area (TPSA) is 60.4 Å². The maximum Gasteiger partial charge on any atom is 0.153 e. The first kappa shape index (κ1) is 14.6. The summed E-state index contributed by atoms with van der Waals surface area (Å²) < 4.78 is 40.9. The molecule has 0 radical (unpaired) electrons. The Balaban J connectivity index is 2.62. The van der Waals surface area contributed by atoms with E-state index in [0.29, 0.717) is 12.7 Å². The highest BCUT2D eigenvalue weighted by Gasteiger charge is 2.10. The van der Waals surface area contributed by atoms with E-state index in [4.69, 9.17) is 4.74 Å². The fourth-order valence-electron chi connectivity index (χ4n) is 1.43. The molecule has 0 aliphatic rings. The van der Waals surface area contributed by atoms with Gasteiger partial charge in [-0.25, -0.2) is 12.8 Å². The zero-order chi connectivity index (χ0) is 13.6. The van der Waals surface area contributed by atoms with Gasteiger partial charge in [-0.05, 0) is 24.6 Å². The van der Waals surface area contributed by atoms with Crippen molar-refractivity contribution >= 4 is 16.1 Å². The van der Waals surface area contributed by atoms with Crippen molar-refractivity contribution in [2.75, 3.05) is 18.1 Å². The van der Waals surface area contributed by atoms with Crippen LogP contribution in [0.2, 0.25) is 0 Å². The lowest BCUT2D eigenvalue weighted by Crippen LogP contribution is -2.17. The number of hydrogen-bond acceptors (Lipinski definition) is 4. The number of halogens is 1. The zero-order valence-corrected chi connectivity index (χ0v) is 10.9. The average Bonchev–Trinajstić information content (AvgIpc) is 2.30. The van der Waals surface area contributed by atoms with Crippen LogP contribution in [0.3, 0.4) is 0 Å². The van der Waals surface area contributed by atoms with Crippen molar-refractivity contribution in [2.24, 2.45) is 0 Å². The Bertz CT molecular complexity index is 511. The SMILES string of the molecule is CCCS(=O)(=O)CCOc1ccc(F)cc1C=O. The lowest BCUT2D eigenvalue weighted by Gasteiger charge is -2.08. The summed E-state index contributed by atoms with van der Waals surface area (Å²) in [5.74, 6) is -0.349. The number of carbonyl (C=O) groups excluding carboxylic acids is 1. The summed E-state index contributed by atoms with van der Waals surface area (Å²) in [6.07, 6.45) is 1.03. The number of sulfone groups is 1. The van der Waals surface area contributed by atoms with Gasteiger partial charge in [0.2, 0.25) is 0 Å². The molecular weight excluding hydrogens is 259 g/mol. The first-order valence-electron chi connectivity index (χ1n) is 5.56. The first-order valence-corrected chi connectivity index (χ1v) is 7.38. The molecule has 0 spiro atoms. The molecule has 18 heavy (non-hydrogen) atoms. The van der Waals surface area contributed by atoms with E-state index < -0.39 is 15.7 Å². The van der Waals surface area contributed by atoms with Gasteiger partial charge in [0.25, 0.3) is 0 Å². The third-order valence-corrected chi connectivity index (χ3v) is 4.08. The minimum absolute atomic E-state index is 0.0468. The molecule has 0 aromatic heterocycles. The summed E-state index contributed by atoms with van der Waals surface area (Å²) in [6, 6.07) is 3.51. The van der Waals surface area contributed by atoms with Crippen LogP contribution < -0.4 is 4.74 Å². The van der Waals surface area contributed by atoms with Crippen molar-refractivity contribution in [3.63, 3.8) is 0 Å². The third kappa shape index (κ3) is 4.44. The Morgan fingerprint density at radius 2 is 2.06 bits per heavy atom. The highest BCUT2D eigenvalue weighted by atomic mass is 32.2. The van der Waals surface area contributed by atoms with Gasteiger partial charge in [0, 0.05) is 0 Å². The van der Waals surface area contributed by atoms with E-state index in [9.17, 15) is 17.6 Å². The fraction of sp³-hybridized carbons (Fsp3) is 0.417. The number of carbonyl (C=O) groups is 1. The number of rotatable bonds is 7. The predicted octanol–water partition coefficient (Wildman–Crippen LogP) is 1.84. The molecule has 0 fully saturated rings. The van der Waals surface area contributed by atoms with Crippen molar-refractivity contribution in [3.8, 4) is 5.75 Å². The zero-order valence-electron chi connectivity index (χ0n) is 10.1. The maximum absolute atomic E-state index is 12.8. The molecule has 0 aliphatic heterocycles. The molecular formula is C12H15FO4S. The van der Waals surface area contributed by atoms with Crippen LogP contribution in [-0.4, -0.2) is 32.8 Å². The Hall–Kier alpha value is -1.43. The van der Waals surface area contributed by atoms with E-state index >= 15 is 0 Å². The number of hydrogen-bond donors (Lipinski definition) is 0. The molecule has 0 heterocycles. The van der Waals surface area contributed by atoms with E-state index in [1.165, 1.54) is 6.07 Å². The molecule has 0 saturated carbocycles. The van der Waals surface area contributed by atoms with Gasteiger partial charge in [0.05, 0.1) is 17.1 Å². The molecule has 0 amide bonds. The van der Waals surface area contributed by atoms with Gasteiger partial charge < -0.3 is 4.74 Å². The van der Waals surface area contributed by atoms with Gasteiger partial charge in [-0.2, -0.15) is 0 Å². The molecule has 4 nitrogen and oxygen atoms in total. The average molecular weight is 274 g/mol. The first-order chi connectivity index (χ1) is 8.48. The van der Waals surface area contributed by atoms with Crippen molar-refractivity contribution < 1.29 is 22.3 Å². The van der Waals surface area contributed by atoms with E-state index in [-0.39, 0.29) is 29.4 Å². The molecule has 1 rings (SSSR count). The Labute approximate surface area is 106 Å². The van der Waals surface area contributed by atoms with Crippen molar-refractivity contribution in [3.05, 3.63) is 29.6 Å². The summed E-state index contributed by atoms with van der Waals surface area (Å²) in [5.41, 5.74) is 0.0721. The second-order valence-corrected chi connectivity index (χ2v) is 6.10. The minimum Gasteiger partial charge on any atom is -0.492 e. The van der Waals surface area contributed by atoms with Gasteiger partial charge in [-0.1, -0.05) is 6.92 Å². The van der Waals surface area contributed by atoms with Crippen LogP contribution in [0.15, 0.2) is 18.2 Å². The molecule has 1 aromatic rings. The van der Waals surface area contributed by atoms with Crippen LogP contribution in [0.5, 0.6) is 5.75 Å². The quantitative estimate of drug-likeness (QED) is 0.712. The van der Waals surface area contributed by atoms with Crippen LogP contribution in [0, 0.1) is 5.82 Å². The van der Waals surface area contributed by atoms with E-state index in [0.717, 1.165) is 12.1 Å². The smallest absolute Gasteiger partial charge is 0.153 e. The van der Waals surface area contributed by atoms with Crippen molar-refractivity contribution in [1.29, 1.82) is 0 Å². The molecule has 0 bridgehead atoms.